The lowest BCUT2D eigenvalue weighted by molar-refractivity contribution is -0.139. The highest BCUT2D eigenvalue weighted by atomic mass is 19.1. The Balaban J connectivity index is 1.64. The van der Waals surface area contributed by atoms with E-state index in [0.717, 1.165) is 36.0 Å². The minimum absolute atomic E-state index is 0.123. The smallest absolute Gasteiger partial charge is 0.312 e. The van der Waals surface area contributed by atoms with Crippen molar-refractivity contribution < 1.29 is 34.0 Å². The molecule has 1 aliphatic carbocycles. The van der Waals surface area contributed by atoms with Crippen molar-refractivity contribution in [2.24, 2.45) is 0 Å². The second-order valence-electron chi connectivity index (χ2n) is 8.28. The average molecular weight is 465 g/mol. The number of amides is 1. The number of carboxylic acids is 1. The summed E-state index contributed by atoms with van der Waals surface area (Å²) < 4.78 is 19.4. The van der Waals surface area contributed by atoms with Crippen LogP contribution < -0.4 is 10.1 Å². The quantitative estimate of drug-likeness (QED) is 0.379. The van der Waals surface area contributed by atoms with Gasteiger partial charge in [0.2, 0.25) is 5.91 Å². The molecule has 0 aliphatic heterocycles. The molecule has 1 atom stereocenters. The molecule has 0 spiro atoms. The van der Waals surface area contributed by atoms with Crippen LogP contribution >= 0.6 is 0 Å². The monoisotopic (exact) mass is 465 g/mol. The van der Waals surface area contributed by atoms with E-state index in [-0.39, 0.29) is 11.3 Å². The van der Waals surface area contributed by atoms with Crippen molar-refractivity contribution >= 4 is 17.6 Å². The molecule has 0 heterocycles. The average Bonchev–Trinajstić information content (AvgIpc) is 3.27. The predicted octanol–water partition coefficient (Wildman–Crippen LogP) is 4.62. The fourth-order valence-electron chi connectivity index (χ4n) is 4.24. The van der Waals surface area contributed by atoms with Crippen molar-refractivity contribution in [1.29, 1.82) is 0 Å². The Labute approximate surface area is 195 Å². The van der Waals surface area contributed by atoms with Crippen molar-refractivity contribution in [3.63, 3.8) is 0 Å². The number of benzene rings is 3. The van der Waals surface area contributed by atoms with E-state index in [9.17, 15) is 24.2 Å². The number of carbonyl (C=O) groups excluding carboxylic acids is 1. The van der Waals surface area contributed by atoms with Gasteiger partial charge in [0.25, 0.3) is 0 Å². The van der Waals surface area contributed by atoms with Gasteiger partial charge in [0.1, 0.15) is 35.6 Å². The Morgan fingerprint density at radius 1 is 1.09 bits per heavy atom. The number of aryl methyl sites for hydroxylation is 1. The van der Waals surface area contributed by atoms with Crippen molar-refractivity contribution in [2.45, 2.75) is 38.7 Å². The maximum atomic E-state index is 13.2. The van der Waals surface area contributed by atoms with Gasteiger partial charge in [-0.2, -0.15) is 0 Å². The molecule has 34 heavy (non-hydrogen) atoms. The second-order valence-corrected chi connectivity index (χ2v) is 8.28. The highest BCUT2D eigenvalue weighted by Gasteiger charge is 2.24. The number of halogens is 1. The fraction of sp³-hybridized carbons (Fsp3) is 0.231. The standard InChI is InChI=1S/C26H24FNO6/c1-14-11-21(28-23(30)13-24(31)32)18-3-2-4-19(18)26(14)34-17-9-10-22(29)20(12-17)25(33)15-5-7-16(27)8-6-15/h5-12,25,29,33H,2-4,13H2,1H3,(H,28,30)(H,31,32). The number of aliphatic hydroxyl groups is 1. The molecule has 0 radical (unpaired) electrons. The first kappa shape index (κ1) is 23.3. The summed E-state index contributed by atoms with van der Waals surface area (Å²) in [6.07, 6.45) is 0.526. The summed E-state index contributed by atoms with van der Waals surface area (Å²) in [5.41, 5.74) is 3.81. The summed E-state index contributed by atoms with van der Waals surface area (Å²) in [6.45, 7) is 1.83. The van der Waals surface area contributed by atoms with Crippen LogP contribution in [0.1, 0.15) is 46.8 Å². The topological polar surface area (TPSA) is 116 Å². The summed E-state index contributed by atoms with van der Waals surface area (Å²) >= 11 is 0. The van der Waals surface area contributed by atoms with Crippen LogP contribution in [-0.4, -0.2) is 27.2 Å². The van der Waals surface area contributed by atoms with Crippen LogP contribution in [-0.2, 0) is 22.4 Å². The maximum absolute atomic E-state index is 13.2. The van der Waals surface area contributed by atoms with E-state index >= 15 is 0 Å². The summed E-state index contributed by atoms with van der Waals surface area (Å²) in [6, 6.07) is 11.7. The van der Waals surface area contributed by atoms with Gasteiger partial charge in [-0.3, -0.25) is 9.59 Å². The predicted molar refractivity (Wildman–Crippen MR) is 123 cm³/mol. The van der Waals surface area contributed by atoms with Gasteiger partial charge in [0.05, 0.1) is 0 Å². The third-order valence-electron chi connectivity index (χ3n) is 5.82. The van der Waals surface area contributed by atoms with Gasteiger partial charge >= 0.3 is 5.97 Å². The minimum Gasteiger partial charge on any atom is -0.508 e. The zero-order valence-electron chi connectivity index (χ0n) is 18.5. The van der Waals surface area contributed by atoms with Crippen LogP contribution in [0.4, 0.5) is 10.1 Å². The minimum atomic E-state index is -1.20. The van der Waals surface area contributed by atoms with Gasteiger partial charge in [0.15, 0.2) is 0 Å². The molecule has 4 rings (SSSR count). The SMILES string of the molecule is Cc1cc(NC(=O)CC(=O)O)c2c(c1Oc1ccc(O)c(C(O)c3ccc(F)cc3)c1)CCC2. The molecule has 0 saturated carbocycles. The van der Waals surface area contributed by atoms with Crippen LogP contribution in [0.5, 0.6) is 17.2 Å². The summed E-state index contributed by atoms with van der Waals surface area (Å²) in [5.74, 6) is -1.32. The van der Waals surface area contributed by atoms with Gasteiger partial charge in [0, 0.05) is 16.8 Å². The van der Waals surface area contributed by atoms with Gasteiger partial charge in [-0.25, -0.2) is 4.39 Å². The zero-order chi connectivity index (χ0) is 24.4. The number of aromatic hydroxyl groups is 1. The molecular weight excluding hydrogens is 441 g/mol. The van der Waals surface area contributed by atoms with Crippen LogP contribution in [0, 0.1) is 12.7 Å². The van der Waals surface area contributed by atoms with E-state index in [1.165, 1.54) is 36.4 Å². The number of hydrogen-bond acceptors (Lipinski definition) is 5. The first-order chi connectivity index (χ1) is 16.2. The van der Waals surface area contributed by atoms with Crippen LogP contribution in [0.15, 0.2) is 48.5 Å². The molecule has 0 aromatic heterocycles. The third kappa shape index (κ3) is 4.87. The first-order valence-corrected chi connectivity index (χ1v) is 10.8. The molecule has 7 nitrogen and oxygen atoms in total. The zero-order valence-corrected chi connectivity index (χ0v) is 18.5. The molecule has 0 saturated heterocycles. The molecule has 0 fully saturated rings. The van der Waals surface area contributed by atoms with Crippen molar-refractivity contribution in [3.8, 4) is 17.2 Å². The third-order valence-corrected chi connectivity index (χ3v) is 5.82. The van der Waals surface area contributed by atoms with E-state index in [2.05, 4.69) is 5.32 Å². The fourth-order valence-corrected chi connectivity index (χ4v) is 4.24. The molecule has 1 amide bonds. The number of anilines is 1. The molecule has 176 valence electrons. The molecule has 1 unspecified atom stereocenters. The van der Waals surface area contributed by atoms with E-state index < -0.39 is 30.2 Å². The molecule has 3 aromatic rings. The molecule has 1 aliphatic rings. The number of ether oxygens (including phenoxy) is 1. The van der Waals surface area contributed by atoms with Crippen molar-refractivity contribution in [2.75, 3.05) is 5.32 Å². The van der Waals surface area contributed by atoms with Gasteiger partial charge < -0.3 is 25.4 Å². The van der Waals surface area contributed by atoms with E-state index in [4.69, 9.17) is 9.84 Å². The number of aliphatic hydroxyl groups excluding tert-OH is 1. The highest BCUT2D eigenvalue weighted by molar-refractivity contribution is 6.02. The first-order valence-electron chi connectivity index (χ1n) is 10.8. The number of fused-ring (bicyclic) bond motifs is 1. The van der Waals surface area contributed by atoms with Crippen LogP contribution in [0.3, 0.4) is 0 Å². The number of aliphatic carboxylic acids is 1. The lowest BCUT2D eigenvalue weighted by Crippen LogP contribution is -2.17. The molecule has 0 bridgehead atoms. The van der Waals surface area contributed by atoms with Crippen LogP contribution in [0.25, 0.3) is 0 Å². The van der Waals surface area contributed by atoms with E-state index in [0.29, 0.717) is 22.7 Å². The Kier molecular flexibility index (Phi) is 6.51. The van der Waals surface area contributed by atoms with E-state index in [1.54, 1.807) is 12.1 Å². The number of rotatable bonds is 7. The lowest BCUT2D eigenvalue weighted by Gasteiger charge is -2.19. The Morgan fingerprint density at radius 3 is 2.50 bits per heavy atom. The number of phenolic OH excluding ortho intramolecular Hbond substituents is 1. The number of nitrogens with one attached hydrogen (secondary N) is 1. The van der Waals surface area contributed by atoms with Crippen molar-refractivity contribution in [1.82, 2.24) is 0 Å². The van der Waals surface area contributed by atoms with Gasteiger partial charge in [-0.15, -0.1) is 0 Å². The molecule has 8 heteroatoms. The number of carboxylic acid groups (broad SMARTS) is 1. The van der Waals surface area contributed by atoms with Gasteiger partial charge in [-0.1, -0.05) is 12.1 Å². The Hall–Kier alpha value is -3.91. The summed E-state index contributed by atoms with van der Waals surface area (Å²) in [7, 11) is 0. The second kappa shape index (κ2) is 9.52. The highest BCUT2D eigenvalue weighted by Crippen LogP contribution is 2.42. The lowest BCUT2D eigenvalue weighted by atomic mass is 10.00. The number of phenols is 1. The van der Waals surface area contributed by atoms with Crippen molar-refractivity contribution in [3.05, 3.63) is 82.2 Å². The number of carbonyl (C=O) groups is 2. The Morgan fingerprint density at radius 2 is 1.79 bits per heavy atom. The van der Waals surface area contributed by atoms with Crippen LogP contribution in [0.2, 0.25) is 0 Å². The number of hydrogen-bond donors (Lipinski definition) is 4. The largest absolute Gasteiger partial charge is 0.508 e. The summed E-state index contributed by atoms with van der Waals surface area (Å²) in [4.78, 5) is 22.8. The van der Waals surface area contributed by atoms with Gasteiger partial charge in [-0.05, 0) is 79.3 Å². The van der Waals surface area contributed by atoms with E-state index in [1.807, 2.05) is 6.92 Å². The normalized spacial score (nSPS) is 13.3. The molecular formula is C26H24FNO6. The maximum Gasteiger partial charge on any atom is 0.312 e. The molecule has 4 N–H and O–H groups in total. The summed E-state index contributed by atoms with van der Waals surface area (Å²) in [5, 5.41) is 32.6. The molecule has 3 aromatic carbocycles. The Bertz CT molecular complexity index is 1260.